The van der Waals surface area contributed by atoms with Crippen molar-refractivity contribution in [2.24, 2.45) is 17.7 Å². The highest BCUT2D eigenvalue weighted by atomic mass is 32.2. The summed E-state index contributed by atoms with van der Waals surface area (Å²) in [6.45, 7) is 0. The smallest absolute Gasteiger partial charge is 0.150 e. The number of sulfone groups is 1. The fraction of sp³-hybridized carbons (Fsp3) is 1.00. The lowest BCUT2D eigenvalue weighted by Gasteiger charge is -2.18. The second-order valence-corrected chi connectivity index (χ2v) is 7.62. The number of hydrogen-bond acceptors (Lipinski definition) is 4. The van der Waals surface area contributed by atoms with E-state index >= 15 is 0 Å². The number of nitrogens with one attached hydrogen (secondary N) is 1. The minimum atomic E-state index is -2.74. The molecule has 2 unspecified atom stereocenters. The Hall–Kier alpha value is -0.130. The van der Waals surface area contributed by atoms with E-state index in [1.807, 2.05) is 0 Å². The predicted octanol–water partition coefficient (Wildman–Crippen LogP) is 0.833. The number of hydrogen-bond donors (Lipinski definition) is 2. The number of nitrogens with two attached hydrogens (primary N) is 1. The maximum atomic E-state index is 11.3. The van der Waals surface area contributed by atoms with Gasteiger partial charge < -0.3 is 0 Å². The Morgan fingerprint density at radius 3 is 2.50 bits per heavy atom. The summed E-state index contributed by atoms with van der Waals surface area (Å²) >= 11 is 0. The zero-order chi connectivity index (χ0) is 11.6. The van der Waals surface area contributed by atoms with Crippen LogP contribution in [0.1, 0.15) is 38.5 Å². The molecule has 4 nitrogen and oxygen atoms in total. The molecule has 0 aromatic carbocycles. The summed E-state index contributed by atoms with van der Waals surface area (Å²) in [5, 5.41) is 0. The van der Waals surface area contributed by atoms with Crippen molar-refractivity contribution in [2.75, 3.05) is 11.5 Å². The maximum absolute atomic E-state index is 11.3. The lowest BCUT2D eigenvalue weighted by atomic mass is 9.96. The van der Waals surface area contributed by atoms with Crippen molar-refractivity contribution in [2.45, 2.75) is 44.6 Å². The molecule has 0 aromatic rings. The monoisotopic (exact) mass is 246 g/mol. The minimum absolute atomic E-state index is 0.305. The lowest BCUT2D eigenvalue weighted by Crippen LogP contribution is -2.36. The van der Waals surface area contributed by atoms with E-state index in [-0.39, 0.29) is 0 Å². The molecule has 1 saturated carbocycles. The summed E-state index contributed by atoms with van der Waals surface area (Å²) < 4.78 is 22.7. The summed E-state index contributed by atoms with van der Waals surface area (Å²) in [6.07, 6.45) is 6.82. The highest BCUT2D eigenvalue weighted by Crippen LogP contribution is 2.34. The summed E-state index contributed by atoms with van der Waals surface area (Å²) in [4.78, 5) is 0. The summed E-state index contributed by atoms with van der Waals surface area (Å²) in [7, 11) is -2.74. The van der Waals surface area contributed by atoms with Crippen LogP contribution in [0.4, 0.5) is 0 Å². The van der Waals surface area contributed by atoms with Crippen LogP contribution >= 0.6 is 0 Å². The van der Waals surface area contributed by atoms with Crippen LogP contribution in [0.5, 0.6) is 0 Å². The van der Waals surface area contributed by atoms with E-state index in [4.69, 9.17) is 5.84 Å². The van der Waals surface area contributed by atoms with E-state index in [0.717, 1.165) is 25.2 Å². The molecule has 1 heterocycles. The zero-order valence-corrected chi connectivity index (χ0v) is 10.5. The zero-order valence-electron chi connectivity index (χ0n) is 9.69. The van der Waals surface area contributed by atoms with Crippen LogP contribution in [0.25, 0.3) is 0 Å². The van der Waals surface area contributed by atoms with E-state index in [9.17, 15) is 8.42 Å². The van der Waals surface area contributed by atoms with Crippen molar-refractivity contribution >= 4 is 9.84 Å². The molecule has 1 aliphatic carbocycles. The summed E-state index contributed by atoms with van der Waals surface area (Å²) in [5.41, 5.74) is 2.84. The molecule has 94 valence electrons. The summed E-state index contributed by atoms with van der Waals surface area (Å²) in [6, 6.07) is 0.305. The van der Waals surface area contributed by atoms with Gasteiger partial charge in [-0.25, -0.2) is 8.42 Å². The van der Waals surface area contributed by atoms with Crippen LogP contribution in [0.3, 0.4) is 0 Å². The summed E-state index contributed by atoms with van der Waals surface area (Å²) in [5.74, 6) is 7.51. The first-order valence-corrected chi connectivity index (χ1v) is 8.08. The predicted molar refractivity (Wildman–Crippen MR) is 64.4 cm³/mol. The van der Waals surface area contributed by atoms with Gasteiger partial charge in [0.15, 0.2) is 9.84 Å². The van der Waals surface area contributed by atoms with Crippen LogP contribution in [0.2, 0.25) is 0 Å². The maximum Gasteiger partial charge on any atom is 0.150 e. The Balaban J connectivity index is 1.73. The fourth-order valence-electron chi connectivity index (χ4n) is 2.57. The molecule has 2 atom stereocenters. The van der Waals surface area contributed by atoms with Crippen molar-refractivity contribution in [3.8, 4) is 0 Å². The third-order valence-electron chi connectivity index (χ3n) is 3.80. The molecule has 0 radical (unpaired) electrons. The molecule has 1 saturated heterocycles. The van der Waals surface area contributed by atoms with Gasteiger partial charge in [-0.2, -0.15) is 0 Å². The second kappa shape index (κ2) is 5.02. The Kier molecular flexibility index (Phi) is 3.87. The molecule has 1 aliphatic heterocycles. The number of rotatable bonds is 6. The van der Waals surface area contributed by atoms with Gasteiger partial charge in [0.1, 0.15) is 0 Å². The Bertz CT molecular complexity index is 325. The van der Waals surface area contributed by atoms with Gasteiger partial charge in [-0.05, 0) is 37.5 Å². The van der Waals surface area contributed by atoms with Gasteiger partial charge in [0.2, 0.25) is 0 Å². The quantitative estimate of drug-likeness (QED) is 0.538. The molecule has 2 fully saturated rings. The van der Waals surface area contributed by atoms with Crippen molar-refractivity contribution in [1.82, 2.24) is 5.43 Å². The first kappa shape index (κ1) is 12.3. The van der Waals surface area contributed by atoms with Crippen molar-refractivity contribution < 1.29 is 8.42 Å². The molecular weight excluding hydrogens is 224 g/mol. The van der Waals surface area contributed by atoms with E-state index in [1.165, 1.54) is 19.3 Å². The van der Waals surface area contributed by atoms with E-state index in [0.29, 0.717) is 23.5 Å². The Morgan fingerprint density at radius 1 is 1.25 bits per heavy atom. The minimum Gasteiger partial charge on any atom is -0.271 e. The molecule has 5 heteroatoms. The molecule has 2 rings (SSSR count). The molecule has 0 spiro atoms. The lowest BCUT2D eigenvalue weighted by molar-refractivity contribution is 0.379. The van der Waals surface area contributed by atoms with Gasteiger partial charge in [0, 0.05) is 6.04 Å². The molecule has 0 aromatic heterocycles. The Morgan fingerprint density at radius 2 is 2.00 bits per heavy atom. The van der Waals surface area contributed by atoms with Crippen molar-refractivity contribution in [3.63, 3.8) is 0 Å². The van der Waals surface area contributed by atoms with Gasteiger partial charge in [0.05, 0.1) is 11.5 Å². The first-order valence-electron chi connectivity index (χ1n) is 6.25. The molecule has 2 aliphatic rings. The van der Waals surface area contributed by atoms with Crippen LogP contribution in [-0.2, 0) is 9.84 Å². The molecular formula is C11H22N2O2S. The topological polar surface area (TPSA) is 72.2 Å². The van der Waals surface area contributed by atoms with E-state index in [2.05, 4.69) is 5.43 Å². The standard InChI is InChI=1S/C11H22N2O2S/c12-13-11(4-3-9-1-2-9)7-10-5-6-16(14,15)8-10/h9-11,13H,1-8,12H2. The first-order chi connectivity index (χ1) is 7.59. The fourth-order valence-corrected chi connectivity index (χ4v) is 4.45. The highest BCUT2D eigenvalue weighted by Gasteiger charge is 2.30. The van der Waals surface area contributed by atoms with Crippen LogP contribution < -0.4 is 11.3 Å². The SMILES string of the molecule is NNC(CCC1CC1)CC1CCS(=O)(=O)C1. The van der Waals surface area contributed by atoms with E-state index in [1.54, 1.807) is 0 Å². The third-order valence-corrected chi connectivity index (χ3v) is 5.64. The van der Waals surface area contributed by atoms with Gasteiger partial charge in [-0.15, -0.1) is 0 Å². The van der Waals surface area contributed by atoms with Gasteiger partial charge >= 0.3 is 0 Å². The molecule has 16 heavy (non-hydrogen) atoms. The van der Waals surface area contributed by atoms with Crippen LogP contribution in [-0.4, -0.2) is 26.0 Å². The third kappa shape index (κ3) is 3.71. The molecule has 0 amide bonds. The molecule has 3 N–H and O–H groups in total. The van der Waals surface area contributed by atoms with Crippen LogP contribution in [0.15, 0.2) is 0 Å². The van der Waals surface area contributed by atoms with Crippen molar-refractivity contribution in [3.05, 3.63) is 0 Å². The Labute approximate surface area is 97.9 Å². The van der Waals surface area contributed by atoms with Gasteiger partial charge in [-0.1, -0.05) is 12.8 Å². The molecule has 0 bridgehead atoms. The van der Waals surface area contributed by atoms with Gasteiger partial charge in [0.25, 0.3) is 0 Å². The van der Waals surface area contributed by atoms with Crippen LogP contribution in [0, 0.1) is 11.8 Å². The second-order valence-electron chi connectivity index (χ2n) is 5.39. The normalized spacial score (nSPS) is 30.4. The van der Waals surface area contributed by atoms with E-state index < -0.39 is 9.84 Å². The number of hydrazine groups is 1. The largest absolute Gasteiger partial charge is 0.271 e. The van der Waals surface area contributed by atoms with Crippen molar-refractivity contribution in [1.29, 1.82) is 0 Å². The average molecular weight is 246 g/mol. The highest BCUT2D eigenvalue weighted by molar-refractivity contribution is 7.91. The average Bonchev–Trinajstić information content (AvgIpc) is 2.98. The van der Waals surface area contributed by atoms with Gasteiger partial charge in [-0.3, -0.25) is 11.3 Å².